The van der Waals surface area contributed by atoms with Gasteiger partial charge in [0.25, 0.3) is 5.91 Å². The Hall–Kier alpha value is -2.49. The number of nitrogens with two attached hydrogens (primary N) is 1. The lowest BCUT2D eigenvalue weighted by Crippen LogP contribution is -2.26. The number of rotatable bonds is 3. The molecule has 0 fully saturated rings. The van der Waals surface area contributed by atoms with Gasteiger partial charge in [-0.1, -0.05) is 36.4 Å². The SMILES string of the molecule is CN(Cc1ccccc1)C(=O)c1cccc(N)c1O. The number of phenolic OH excluding ortho intramolecular Hbond substituents is 1. The number of nitrogens with zero attached hydrogens (tertiary/aromatic N) is 1. The molecule has 0 heterocycles. The predicted octanol–water partition coefficient (Wildman–Crippen LogP) is 2.25. The summed E-state index contributed by atoms with van der Waals surface area (Å²) >= 11 is 0. The minimum Gasteiger partial charge on any atom is -0.505 e. The molecule has 2 aromatic rings. The van der Waals surface area contributed by atoms with Crippen LogP contribution in [0.1, 0.15) is 15.9 Å². The van der Waals surface area contributed by atoms with Gasteiger partial charge in [0.15, 0.2) is 5.75 Å². The third-order valence-corrected chi connectivity index (χ3v) is 2.91. The van der Waals surface area contributed by atoms with Gasteiger partial charge in [0.1, 0.15) is 0 Å². The predicted molar refractivity (Wildman–Crippen MR) is 74.8 cm³/mol. The van der Waals surface area contributed by atoms with E-state index >= 15 is 0 Å². The van der Waals surface area contributed by atoms with Crippen molar-refractivity contribution in [2.75, 3.05) is 12.8 Å². The average Bonchev–Trinajstić information content (AvgIpc) is 2.42. The van der Waals surface area contributed by atoms with E-state index in [2.05, 4.69) is 0 Å². The van der Waals surface area contributed by atoms with Gasteiger partial charge in [-0.3, -0.25) is 4.79 Å². The molecule has 19 heavy (non-hydrogen) atoms. The molecule has 0 aliphatic rings. The van der Waals surface area contributed by atoms with Crippen molar-refractivity contribution in [2.24, 2.45) is 0 Å². The third-order valence-electron chi connectivity index (χ3n) is 2.91. The molecule has 4 heteroatoms. The van der Waals surface area contributed by atoms with Crippen molar-refractivity contribution in [3.8, 4) is 5.75 Å². The molecule has 0 saturated heterocycles. The maximum atomic E-state index is 12.2. The fraction of sp³-hybridized carbons (Fsp3) is 0.133. The van der Waals surface area contributed by atoms with Crippen molar-refractivity contribution in [3.63, 3.8) is 0 Å². The number of amides is 1. The standard InChI is InChI=1S/C15H16N2O2/c1-17(10-11-6-3-2-4-7-11)15(19)12-8-5-9-13(16)14(12)18/h2-9,18H,10,16H2,1H3. The molecule has 0 saturated carbocycles. The highest BCUT2D eigenvalue weighted by molar-refractivity contribution is 5.98. The Bertz CT molecular complexity index is 582. The summed E-state index contributed by atoms with van der Waals surface area (Å²) in [6, 6.07) is 14.4. The van der Waals surface area contributed by atoms with E-state index in [0.29, 0.717) is 6.54 Å². The molecule has 2 rings (SSSR count). The molecule has 0 aliphatic carbocycles. The molecular weight excluding hydrogens is 240 g/mol. The number of para-hydroxylation sites is 1. The van der Waals surface area contributed by atoms with Crippen molar-refractivity contribution >= 4 is 11.6 Å². The van der Waals surface area contributed by atoms with E-state index in [1.54, 1.807) is 30.1 Å². The summed E-state index contributed by atoms with van der Waals surface area (Å²) in [7, 11) is 1.69. The molecule has 0 aromatic heterocycles. The first-order chi connectivity index (χ1) is 9.09. The maximum Gasteiger partial charge on any atom is 0.257 e. The van der Waals surface area contributed by atoms with Crippen LogP contribution in [-0.4, -0.2) is 23.0 Å². The zero-order valence-electron chi connectivity index (χ0n) is 10.7. The number of aromatic hydroxyl groups is 1. The van der Waals surface area contributed by atoms with Crippen LogP contribution in [0.5, 0.6) is 5.75 Å². The fourth-order valence-electron chi connectivity index (χ4n) is 1.87. The Morgan fingerprint density at radius 2 is 1.84 bits per heavy atom. The molecule has 0 radical (unpaired) electrons. The smallest absolute Gasteiger partial charge is 0.257 e. The largest absolute Gasteiger partial charge is 0.505 e. The van der Waals surface area contributed by atoms with E-state index in [4.69, 9.17) is 5.73 Å². The highest BCUT2D eigenvalue weighted by Crippen LogP contribution is 2.25. The lowest BCUT2D eigenvalue weighted by molar-refractivity contribution is 0.0782. The van der Waals surface area contributed by atoms with Crippen LogP contribution in [0.25, 0.3) is 0 Å². The fourth-order valence-corrected chi connectivity index (χ4v) is 1.87. The number of phenols is 1. The van der Waals surface area contributed by atoms with Gasteiger partial charge >= 0.3 is 0 Å². The summed E-state index contributed by atoms with van der Waals surface area (Å²) in [5, 5.41) is 9.81. The van der Waals surface area contributed by atoms with E-state index < -0.39 is 0 Å². The first-order valence-corrected chi connectivity index (χ1v) is 5.96. The Balaban J connectivity index is 2.18. The number of carbonyl (C=O) groups is 1. The Labute approximate surface area is 112 Å². The number of carbonyl (C=O) groups excluding carboxylic acids is 1. The molecule has 1 amide bonds. The van der Waals surface area contributed by atoms with E-state index in [9.17, 15) is 9.90 Å². The van der Waals surface area contributed by atoms with Gasteiger partial charge in [-0.2, -0.15) is 0 Å². The van der Waals surface area contributed by atoms with Crippen LogP contribution >= 0.6 is 0 Å². The van der Waals surface area contributed by atoms with Crippen LogP contribution in [0.2, 0.25) is 0 Å². The second-order valence-corrected chi connectivity index (χ2v) is 4.39. The number of hydrogen-bond donors (Lipinski definition) is 2. The van der Waals surface area contributed by atoms with Crippen LogP contribution in [-0.2, 0) is 6.54 Å². The number of hydrogen-bond acceptors (Lipinski definition) is 3. The molecule has 0 unspecified atom stereocenters. The first-order valence-electron chi connectivity index (χ1n) is 5.96. The molecule has 0 aliphatic heterocycles. The van der Waals surface area contributed by atoms with E-state index in [-0.39, 0.29) is 22.9 Å². The van der Waals surface area contributed by atoms with Crippen LogP contribution < -0.4 is 5.73 Å². The maximum absolute atomic E-state index is 12.2. The van der Waals surface area contributed by atoms with E-state index in [1.807, 2.05) is 30.3 Å². The average molecular weight is 256 g/mol. The summed E-state index contributed by atoms with van der Waals surface area (Å²) in [6.45, 7) is 0.480. The van der Waals surface area contributed by atoms with Gasteiger partial charge in [0.05, 0.1) is 11.3 Å². The number of anilines is 1. The van der Waals surface area contributed by atoms with Gasteiger partial charge in [0.2, 0.25) is 0 Å². The first kappa shape index (κ1) is 13.0. The van der Waals surface area contributed by atoms with Gasteiger partial charge in [0, 0.05) is 13.6 Å². The van der Waals surface area contributed by atoms with Crippen LogP contribution in [0, 0.1) is 0 Å². The van der Waals surface area contributed by atoms with Gasteiger partial charge in [-0.15, -0.1) is 0 Å². The molecule has 4 nitrogen and oxygen atoms in total. The van der Waals surface area contributed by atoms with Crippen LogP contribution in [0.4, 0.5) is 5.69 Å². The molecule has 3 N–H and O–H groups in total. The zero-order valence-corrected chi connectivity index (χ0v) is 10.7. The highest BCUT2D eigenvalue weighted by atomic mass is 16.3. The van der Waals surface area contributed by atoms with Gasteiger partial charge in [-0.25, -0.2) is 0 Å². The normalized spacial score (nSPS) is 10.2. The van der Waals surface area contributed by atoms with Gasteiger partial charge in [-0.05, 0) is 17.7 Å². The lowest BCUT2D eigenvalue weighted by atomic mass is 10.1. The molecular formula is C15H16N2O2. The number of benzene rings is 2. The quantitative estimate of drug-likeness (QED) is 0.653. The van der Waals surface area contributed by atoms with E-state index in [1.165, 1.54) is 0 Å². The molecule has 0 spiro atoms. The van der Waals surface area contributed by atoms with Crippen molar-refractivity contribution in [1.82, 2.24) is 4.90 Å². The Morgan fingerprint density at radius 1 is 1.16 bits per heavy atom. The molecule has 0 atom stereocenters. The second kappa shape index (κ2) is 5.44. The molecule has 2 aromatic carbocycles. The summed E-state index contributed by atoms with van der Waals surface area (Å²) in [4.78, 5) is 13.8. The molecule has 98 valence electrons. The third kappa shape index (κ3) is 2.85. The van der Waals surface area contributed by atoms with E-state index in [0.717, 1.165) is 5.56 Å². The topological polar surface area (TPSA) is 66.6 Å². The van der Waals surface area contributed by atoms with Crippen molar-refractivity contribution in [1.29, 1.82) is 0 Å². The minimum atomic E-state index is -0.256. The summed E-state index contributed by atoms with van der Waals surface area (Å²) in [5.74, 6) is -0.416. The molecule has 0 bridgehead atoms. The summed E-state index contributed by atoms with van der Waals surface area (Å²) < 4.78 is 0. The van der Waals surface area contributed by atoms with Crippen LogP contribution in [0.3, 0.4) is 0 Å². The van der Waals surface area contributed by atoms with Crippen molar-refractivity contribution in [3.05, 3.63) is 59.7 Å². The highest BCUT2D eigenvalue weighted by Gasteiger charge is 2.17. The van der Waals surface area contributed by atoms with Crippen LogP contribution in [0.15, 0.2) is 48.5 Å². The Kier molecular flexibility index (Phi) is 3.71. The summed E-state index contributed by atoms with van der Waals surface area (Å²) in [6.07, 6.45) is 0. The zero-order chi connectivity index (χ0) is 13.8. The van der Waals surface area contributed by atoms with Crippen molar-refractivity contribution < 1.29 is 9.90 Å². The Morgan fingerprint density at radius 3 is 2.53 bits per heavy atom. The lowest BCUT2D eigenvalue weighted by Gasteiger charge is -2.18. The number of nitrogen functional groups attached to an aromatic ring is 1. The van der Waals surface area contributed by atoms with Crippen molar-refractivity contribution in [2.45, 2.75) is 6.54 Å². The second-order valence-electron chi connectivity index (χ2n) is 4.39. The summed E-state index contributed by atoms with van der Waals surface area (Å²) in [5.41, 5.74) is 7.05. The minimum absolute atomic E-state index is 0.160. The van der Waals surface area contributed by atoms with Gasteiger partial charge < -0.3 is 15.7 Å². The monoisotopic (exact) mass is 256 g/mol.